The fourth-order valence-corrected chi connectivity index (χ4v) is 2.90. The summed E-state index contributed by atoms with van der Waals surface area (Å²) in [5.41, 5.74) is 7.40. The Bertz CT molecular complexity index is 619. The zero-order valence-corrected chi connectivity index (χ0v) is 11.7. The lowest BCUT2D eigenvalue weighted by atomic mass is 9.92. The largest absolute Gasteiger partial charge is 0.337 e. The lowest BCUT2D eigenvalue weighted by Gasteiger charge is -2.34. The summed E-state index contributed by atoms with van der Waals surface area (Å²) < 4.78 is 0. The first-order chi connectivity index (χ1) is 9.66. The van der Waals surface area contributed by atoms with Gasteiger partial charge in [-0.3, -0.25) is 9.89 Å². The van der Waals surface area contributed by atoms with E-state index in [-0.39, 0.29) is 11.9 Å². The molecule has 0 radical (unpaired) electrons. The van der Waals surface area contributed by atoms with Crippen LogP contribution >= 0.6 is 0 Å². The van der Waals surface area contributed by atoms with Gasteiger partial charge < -0.3 is 10.6 Å². The Labute approximate surface area is 118 Å². The highest BCUT2D eigenvalue weighted by Crippen LogP contribution is 2.22. The molecule has 1 aromatic carbocycles. The molecule has 0 bridgehead atoms. The van der Waals surface area contributed by atoms with Crippen LogP contribution in [0, 0.1) is 5.92 Å². The van der Waals surface area contributed by atoms with Crippen LogP contribution in [0.5, 0.6) is 0 Å². The maximum atomic E-state index is 12.6. The molecule has 106 valence electrons. The van der Waals surface area contributed by atoms with E-state index >= 15 is 0 Å². The molecule has 3 rings (SSSR count). The molecular weight excluding hydrogens is 252 g/mol. The number of piperidine rings is 1. The molecular formula is C15H20N4O. The first kappa shape index (κ1) is 13.1. The summed E-state index contributed by atoms with van der Waals surface area (Å²) in [5.74, 6) is 0.394. The van der Waals surface area contributed by atoms with Crippen LogP contribution in [-0.4, -0.2) is 40.1 Å². The Kier molecular flexibility index (Phi) is 3.44. The standard InChI is InChI=1S/C15H20N4O/c1-10(16)11-5-4-8-19(9-11)15(20)14-12-6-2-3-7-13(12)17-18-14/h2-3,6-7,10-11H,4-5,8-9,16H2,1H3,(H,17,18). The van der Waals surface area contributed by atoms with Crippen molar-refractivity contribution >= 4 is 16.8 Å². The minimum absolute atomic E-state index is 0.00722. The molecule has 5 nitrogen and oxygen atoms in total. The van der Waals surface area contributed by atoms with Gasteiger partial charge in [0, 0.05) is 24.5 Å². The van der Waals surface area contributed by atoms with Crippen LogP contribution in [0.25, 0.3) is 10.9 Å². The predicted molar refractivity (Wildman–Crippen MR) is 78.4 cm³/mol. The second kappa shape index (κ2) is 5.25. The number of carbonyl (C=O) groups is 1. The van der Waals surface area contributed by atoms with Crippen molar-refractivity contribution in [2.24, 2.45) is 11.7 Å². The molecule has 2 aromatic rings. The maximum Gasteiger partial charge on any atom is 0.275 e. The van der Waals surface area contributed by atoms with Crippen LogP contribution < -0.4 is 5.73 Å². The smallest absolute Gasteiger partial charge is 0.275 e. The minimum Gasteiger partial charge on any atom is -0.337 e. The number of fused-ring (bicyclic) bond motifs is 1. The Balaban J connectivity index is 1.85. The van der Waals surface area contributed by atoms with Crippen LogP contribution in [-0.2, 0) is 0 Å². The number of benzene rings is 1. The molecule has 0 spiro atoms. The summed E-state index contributed by atoms with van der Waals surface area (Å²) in [5, 5.41) is 8.00. The second-order valence-corrected chi connectivity index (χ2v) is 5.63. The van der Waals surface area contributed by atoms with Crippen molar-refractivity contribution in [3.63, 3.8) is 0 Å². The third-order valence-electron chi connectivity index (χ3n) is 4.16. The van der Waals surface area contributed by atoms with Crippen molar-refractivity contribution in [1.82, 2.24) is 15.1 Å². The topological polar surface area (TPSA) is 75.0 Å². The number of nitrogens with two attached hydrogens (primary N) is 1. The third kappa shape index (κ3) is 2.29. The van der Waals surface area contributed by atoms with Gasteiger partial charge in [-0.15, -0.1) is 0 Å². The van der Waals surface area contributed by atoms with Crippen molar-refractivity contribution in [2.45, 2.75) is 25.8 Å². The summed E-state index contributed by atoms with van der Waals surface area (Å²) in [4.78, 5) is 14.5. The van der Waals surface area contributed by atoms with Crippen LogP contribution in [0.4, 0.5) is 0 Å². The molecule has 2 atom stereocenters. The SMILES string of the molecule is CC(N)C1CCCN(C(=O)c2n[nH]c3ccccc23)C1. The summed E-state index contributed by atoms with van der Waals surface area (Å²) in [6.45, 7) is 3.55. The lowest BCUT2D eigenvalue weighted by molar-refractivity contribution is 0.0657. The van der Waals surface area contributed by atoms with Crippen LogP contribution in [0.2, 0.25) is 0 Å². The number of para-hydroxylation sites is 1. The van der Waals surface area contributed by atoms with Crippen molar-refractivity contribution in [3.05, 3.63) is 30.0 Å². The van der Waals surface area contributed by atoms with Gasteiger partial charge in [0.2, 0.25) is 0 Å². The van der Waals surface area contributed by atoms with Crippen LogP contribution in [0.1, 0.15) is 30.3 Å². The van der Waals surface area contributed by atoms with Crippen LogP contribution in [0.3, 0.4) is 0 Å². The van der Waals surface area contributed by atoms with E-state index in [9.17, 15) is 4.79 Å². The molecule has 0 aliphatic carbocycles. The van der Waals surface area contributed by atoms with Crippen molar-refractivity contribution in [3.8, 4) is 0 Å². The summed E-state index contributed by atoms with van der Waals surface area (Å²) in [6.07, 6.45) is 2.11. The number of aromatic amines is 1. The van der Waals surface area contributed by atoms with E-state index in [1.165, 1.54) is 0 Å². The fourth-order valence-electron chi connectivity index (χ4n) is 2.90. The normalized spacial score (nSPS) is 21.1. The highest BCUT2D eigenvalue weighted by atomic mass is 16.2. The maximum absolute atomic E-state index is 12.6. The quantitative estimate of drug-likeness (QED) is 0.874. The zero-order valence-electron chi connectivity index (χ0n) is 11.7. The average molecular weight is 272 g/mol. The number of nitrogens with one attached hydrogen (secondary N) is 1. The highest BCUT2D eigenvalue weighted by molar-refractivity contribution is 6.04. The number of nitrogens with zero attached hydrogens (tertiary/aromatic N) is 2. The molecule has 0 saturated carbocycles. The summed E-state index contributed by atoms with van der Waals surface area (Å²) in [6, 6.07) is 7.85. The van der Waals surface area contributed by atoms with Gasteiger partial charge in [0.05, 0.1) is 5.52 Å². The minimum atomic E-state index is 0.00722. The number of aromatic nitrogens is 2. The van der Waals surface area contributed by atoms with E-state index in [0.29, 0.717) is 11.6 Å². The number of hydrogen-bond donors (Lipinski definition) is 2. The number of likely N-dealkylation sites (tertiary alicyclic amines) is 1. The van der Waals surface area contributed by atoms with E-state index in [1.807, 2.05) is 36.1 Å². The summed E-state index contributed by atoms with van der Waals surface area (Å²) >= 11 is 0. The first-order valence-corrected chi connectivity index (χ1v) is 7.15. The van der Waals surface area contributed by atoms with E-state index in [1.54, 1.807) is 0 Å². The average Bonchev–Trinajstić information content (AvgIpc) is 2.90. The van der Waals surface area contributed by atoms with Gasteiger partial charge in [-0.1, -0.05) is 18.2 Å². The van der Waals surface area contributed by atoms with E-state index in [4.69, 9.17) is 5.73 Å². The number of carbonyl (C=O) groups excluding carboxylic acids is 1. The molecule has 1 aromatic heterocycles. The highest BCUT2D eigenvalue weighted by Gasteiger charge is 2.28. The van der Waals surface area contributed by atoms with E-state index < -0.39 is 0 Å². The second-order valence-electron chi connectivity index (χ2n) is 5.63. The number of hydrogen-bond acceptors (Lipinski definition) is 3. The molecule has 1 fully saturated rings. The monoisotopic (exact) mass is 272 g/mol. The van der Waals surface area contributed by atoms with Gasteiger partial charge in [-0.2, -0.15) is 5.10 Å². The molecule has 1 amide bonds. The van der Waals surface area contributed by atoms with Gasteiger partial charge in [0.25, 0.3) is 5.91 Å². The Morgan fingerprint density at radius 2 is 2.30 bits per heavy atom. The van der Waals surface area contributed by atoms with Crippen molar-refractivity contribution < 1.29 is 4.79 Å². The molecule has 1 aliphatic rings. The molecule has 1 saturated heterocycles. The fraction of sp³-hybridized carbons (Fsp3) is 0.467. The van der Waals surface area contributed by atoms with Gasteiger partial charge >= 0.3 is 0 Å². The molecule has 3 N–H and O–H groups in total. The molecule has 5 heteroatoms. The van der Waals surface area contributed by atoms with Crippen molar-refractivity contribution in [1.29, 1.82) is 0 Å². The molecule has 2 heterocycles. The van der Waals surface area contributed by atoms with Gasteiger partial charge in [-0.05, 0) is 31.7 Å². The zero-order chi connectivity index (χ0) is 14.1. The van der Waals surface area contributed by atoms with E-state index in [0.717, 1.165) is 36.8 Å². The lowest BCUT2D eigenvalue weighted by Crippen LogP contribution is -2.45. The molecule has 20 heavy (non-hydrogen) atoms. The third-order valence-corrected chi connectivity index (χ3v) is 4.16. The number of H-pyrrole nitrogens is 1. The van der Waals surface area contributed by atoms with Crippen molar-refractivity contribution in [2.75, 3.05) is 13.1 Å². The van der Waals surface area contributed by atoms with E-state index in [2.05, 4.69) is 10.2 Å². The number of amides is 1. The van der Waals surface area contributed by atoms with Gasteiger partial charge in [-0.25, -0.2) is 0 Å². The van der Waals surface area contributed by atoms with Gasteiger partial charge in [0.1, 0.15) is 0 Å². The Morgan fingerprint density at radius 1 is 1.50 bits per heavy atom. The Hall–Kier alpha value is -1.88. The molecule has 2 unspecified atom stereocenters. The summed E-state index contributed by atoms with van der Waals surface area (Å²) in [7, 11) is 0. The number of rotatable bonds is 2. The predicted octanol–water partition coefficient (Wildman–Crippen LogP) is 1.76. The first-order valence-electron chi connectivity index (χ1n) is 7.15. The van der Waals surface area contributed by atoms with Gasteiger partial charge in [0.15, 0.2) is 5.69 Å². The Morgan fingerprint density at radius 3 is 3.10 bits per heavy atom. The van der Waals surface area contributed by atoms with Crippen LogP contribution in [0.15, 0.2) is 24.3 Å². The molecule has 1 aliphatic heterocycles.